The third-order valence-corrected chi connectivity index (χ3v) is 2.41. The van der Waals surface area contributed by atoms with Gasteiger partial charge in [0.2, 0.25) is 5.82 Å². The highest BCUT2D eigenvalue weighted by Gasteiger charge is 2.14. The van der Waals surface area contributed by atoms with Gasteiger partial charge in [0.1, 0.15) is 5.82 Å². The molecule has 0 spiro atoms. The highest BCUT2D eigenvalue weighted by Crippen LogP contribution is 2.27. The molecule has 0 saturated carbocycles. The van der Waals surface area contributed by atoms with E-state index >= 15 is 0 Å². The molecule has 0 radical (unpaired) electrons. The number of aromatic nitrogens is 2. The van der Waals surface area contributed by atoms with Crippen LogP contribution in [0.4, 0.5) is 10.1 Å². The van der Waals surface area contributed by atoms with E-state index < -0.39 is 5.82 Å². The zero-order valence-corrected chi connectivity index (χ0v) is 9.13. The number of nitrogens with zero attached hydrogens (tertiary/aromatic N) is 2. The average Bonchev–Trinajstić information content (AvgIpc) is 2.99. The zero-order valence-electron chi connectivity index (χ0n) is 9.13. The first-order chi connectivity index (χ1) is 8.74. The zero-order chi connectivity index (χ0) is 12.5. The summed E-state index contributed by atoms with van der Waals surface area (Å²) < 4.78 is 23.1. The van der Waals surface area contributed by atoms with Crippen molar-refractivity contribution in [3.8, 4) is 23.0 Å². The van der Waals surface area contributed by atoms with Crippen LogP contribution in [0.1, 0.15) is 0 Å². The molecule has 1 aromatic carbocycles. The van der Waals surface area contributed by atoms with E-state index in [0.29, 0.717) is 17.1 Å². The molecule has 3 rings (SSSR count). The molecule has 5 nitrogen and oxygen atoms in total. The number of hydrogen-bond acceptors (Lipinski definition) is 5. The Labute approximate surface area is 101 Å². The molecule has 2 aromatic heterocycles. The first-order valence-corrected chi connectivity index (χ1v) is 5.17. The molecule has 0 amide bonds. The molecular weight excluding hydrogens is 237 g/mol. The first-order valence-electron chi connectivity index (χ1n) is 5.17. The second kappa shape index (κ2) is 3.99. The van der Waals surface area contributed by atoms with E-state index in [1.807, 2.05) is 0 Å². The Morgan fingerprint density at radius 3 is 2.83 bits per heavy atom. The van der Waals surface area contributed by atoms with Gasteiger partial charge in [-0.05, 0) is 30.3 Å². The van der Waals surface area contributed by atoms with Gasteiger partial charge in [-0.15, -0.1) is 0 Å². The van der Waals surface area contributed by atoms with Crippen LogP contribution in [0.15, 0.2) is 45.5 Å². The van der Waals surface area contributed by atoms with Gasteiger partial charge in [-0.3, -0.25) is 0 Å². The number of hydrogen-bond donors (Lipinski definition) is 1. The van der Waals surface area contributed by atoms with E-state index in [-0.39, 0.29) is 11.6 Å². The minimum atomic E-state index is -0.415. The molecule has 2 heterocycles. The standard InChI is InChI=1S/C12H8FN3O2/c13-7-3-4-8(9(14)6-7)12-15-11(16-18-12)10-2-1-5-17-10/h1-6H,14H2. The van der Waals surface area contributed by atoms with Crippen molar-refractivity contribution in [1.29, 1.82) is 0 Å². The van der Waals surface area contributed by atoms with E-state index in [1.165, 1.54) is 24.5 Å². The van der Waals surface area contributed by atoms with Crippen molar-refractivity contribution in [3.05, 3.63) is 42.4 Å². The Balaban J connectivity index is 2.03. The lowest BCUT2D eigenvalue weighted by molar-refractivity contribution is 0.429. The van der Waals surface area contributed by atoms with Crippen LogP contribution in [0.2, 0.25) is 0 Å². The second-order valence-corrected chi connectivity index (χ2v) is 3.63. The van der Waals surface area contributed by atoms with Crippen LogP contribution in [0.25, 0.3) is 23.0 Å². The third-order valence-electron chi connectivity index (χ3n) is 2.41. The average molecular weight is 245 g/mol. The summed E-state index contributed by atoms with van der Waals surface area (Å²) in [5.74, 6) is 0.616. The molecule has 18 heavy (non-hydrogen) atoms. The highest BCUT2D eigenvalue weighted by atomic mass is 19.1. The Hall–Kier alpha value is -2.63. The van der Waals surface area contributed by atoms with Crippen molar-refractivity contribution < 1.29 is 13.3 Å². The molecule has 0 aliphatic heterocycles. The van der Waals surface area contributed by atoms with Gasteiger partial charge >= 0.3 is 0 Å². The van der Waals surface area contributed by atoms with E-state index in [2.05, 4.69) is 10.1 Å². The molecule has 0 aliphatic rings. The highest BCUT2D eigenvalue weighted by molar-refractivity contribution is 5.71. The summed E-state index contributed by atoms with van der Waals surface area (Å²) in [5, 5.41) is 3.77. The maximum absolute atomic E-state index is 12.9. The fourth-order valence-corrected chi connectivity index (χ4v) is 1.57. The van der Waals surface area contributed by atoms with Crippen molar-refractivity contribution >= 4 is 5.69 Å². The number of benzene rings is 1. The van der Waals surface area contributed by atoms with Gasteiger partial charge in [0.15, 0.2) is 5.76 Å². The van der Waals surface area contributed by atoms with Crippen molar-refractivity contribution in [2.75, 3.05) is 5.73 Å². The molecule has 0 saturated heterocycles. The normalized spacial score (nSPS) is 10.7. The Kier molecular flexibility index (Phi) is 2.33. The monoisotopic (exact) mass is 245 g/mol. The van der Waals surface area contributed by atoms with Crippen LogP contribution in [0.5, 0.6) is 0 Å². The summed E-state index contributed by atoms with van der Waals surface area (Å²) >= 11 is 0. The van der Waals surface area contributed by atoms with E-state index in [9.17, 15) is 4.39 Å². The van der Waals surface area contributed by atoms with Crippen molar-refractivity contribution in [1.82, 2.24) is 10.1 Å². The summed E-state index contributed by atoms with van der Waals surface area (Å²) in [4.78, 5) is 4.14. The maximum atomic E-state index is 12.9. The van der Waals surface area contributed by atoms with Crippen molar-refractivity contribution in [3.63, 3.8) is 0 Å². The topological polar surface area (TPSA) is 78.1 Å². The van der Waals surface area contributed by atoms with Gasteiger partial charge in [-0.25, -0.2) is 4.39 Å². The molecule has 2 N–H and O–H groups in total. The molecule has 6 heteroatoms. The number of anilines is 1. The molecule has 0 aliphatic carbocycles. The van der Waals surface area contributed by atoms with Gasteiger partial charge < -0.3 is 14.7 Å². The van der Waals surface area contributed by atoms with Gasteiger partial charge in [0.25, 0.3) is 5.89 Å². The summed E-state index contributed by atoms with van der Waals surface area (Å²) in [5.41, 5.74) is 6.42. The molecule has 0 bridgehead atoms. The van der Waals surface area contributed by atoms with E-state index in [4.69, 9.17) is 14.7 Å². The van der Waals surface area contributed by atoms with Crippen LogP contribution >= 0.6 is 0 Å². The van der Waals surface area contributed by atoms with Crippen LogP contribution in [0.3, 0.4) is 0 Å². The predicted molar refractivity (Wildman–Crippen MR) is 61.8 cm³/mol. The Morgan fingerprint density at radius 2 is 2.11 bits per heavy atom. The van der Waals surface area contributed by atoms with Crippen LogP contribution < -0.4 is 5.73 Å². The molecule has 0 unspecified atom stereocenters. The lowest BCUT2D eigenvalue weighted by atomic mass is 10.2. The third kappa shape index (κ3) is 1.73. The minimum Gasteiger partial charge on any atom is -0.461 e. The van der Waals surface area contributed by atoms with Crippen LogP contribution in [0, 0.1) is 5.82 Å². The van der Waals surface area contributed by atoms with Crippen LogP contribution in [-0.2, 0) is 0 Å². The van der Waals surface area contributed by atoms with Gasteiger partial charge in [0.05, 0.1) is 11.8 Å². The smallest absolute Gasteiger partial charge is 0.260 e. The van der Waals surface area contributed by atoms with E-state index in [0.717, 1.165) is 0 Å². The van der Waals surface area contributed by atoms with Crippen molar-refractivity contribution in [2.45, 2.75) is 0 Å². The predicted octanol–water partition coefficient (Wildman–Crippen LogP) is 2.72. The fraction of sp³-hybridized carbons (Fsp3) is 0. The number of rotatable bonds is 2. The molecule has 0 atom stereocenters. The lowest BCUT2D eigenvalue weighted by Crippen LogP contribution is -1.91. The fourth-order valence-electron chi connectivity index (χ4n) is 1.57. The number of halogens is 1. The maximum Gasteiger partial charge on any atom is 0.260 e. The Bertz CT molecular complexity index is 676. The molecule has 3 aromatic rings. The summed E-state index contributed by atoms with van der Waals surface area (Å²) in [6.45, 7) is 0. The number of furan rings is 1. The summed E-state index contributed by atoms with van der Waals surface area (Å²) in [6.07, 6.45) is 1.51. The number of nitrogens with two attached hydrogens (primary N) is 1. The second-order valence-electron chi connectivity index (χ2n) is 3.63. The van der Waals surface area contributed by atoms with Crippen LogP contribution in [-0.4, -0.2) is 10.1 Å². The molecule has 90 valence electrons. The largest absolute Gasteiger partial charge is 0.461 e. The van der Waals surface area contributed by atoms with Gasteiger partial charge in [-0.2, -0.15) is 4.98 Å². The lowest BCUT2D eigenvalue weighted by Gasteiger charge is -1.99. The van der Waals surface area contributed by atoms with Gasteiger partial charge in [-0.1, -0.05) is 5.16 Å². The SMILES string of the molecule is Nc1cc(F)ccc1-c1nc(-c2ccco2)no1. The summed E-state index contributed by atoms with van der Waals surface area (Å²) in [7, 11) is 0. The number of nitrogen functional groups attached to an aromatic ring is 1. The summed E-state index contributed by atoms with van der Waals surface area (Å²) in [6, 6.07) is 7.40. The Morgan fingerprint density at radius 1 is 1.22 bits per heavy atom. The minimum absolute atomic E-state index is 0.221. The first kappa shape index (κ1) is 10.5. The quantitative estimate of drug-likeness (QED) is 0.702. The molecular formula is C12H8FN3O2. The van der Waals surface area contributed by atoms with E-state index in [1.54, 1.807) is 12.1 Å². The van der Waals surface area contributed by atoms with Crippen molar-refractivity contribution in [2.24, 2.45) is 0 Å². The van der Waals surface area contributed by atoms with Gasteiger partial charge in [0, 0.05) is 5.69 Å². The molecule has 0 fully saturated rings.